The molecule has 0 amide bonds. The van der Waals surface area contributed by atoms with Crippen molar-refractivity contribution in [3.63, 3.8) is 0 Å². The van der Waals surface area contributed by atoms with Gasteiger partial charge in [0.15, 0.2) is 0 Å². The summed E-state index contributed by atoms with van der Waals surface area (Å²) in [6.45, 7) is 0. The molecule has 0 aliphatic heterocycles. The first-order valence-electron chi connectivity index (χ1n) is 3.98. The summed E-state index contributed by atoms with van der Waals surface area (Å²) in [4.78, 5) is 0. The predicted octanol–water partition coefficient (Wildman–Crippen LogP) is 2.72. The highest BCUT2D eigenvalue weighted by atomic mass is 79.9. The summed E-state index contributed by atoms with van der Waals surface area (Å²) in [6.07, 6.45) is -2.52. The van der Waals surface area contributed by atoms with Crippen LogP contribution in [0.4, 0.5) is 13.2 Å². The van der Waals surface area contributed by atoms with Crippen molar-refractivity contribution in [1.82, 2.24) is 0 Å². The molecule has 1 aromatic rings. The largest absolute Gasteiger partial charge is 0.323 e. The Labute approximate surface area is 88.2 Å². The van der Waals surface area contributed by atoms with Gasteiger partial charge >= 0.3 is 0 Å². The van der Waals surface area contributed by atoms with E-state index in [0.29, 0.717) is 5.56 Å². The molecule has 2 N–H and O–H groups in total. The second-order valence-corrected chi connectivity index (χ2v) is 3.81. The van der Waals surface area contributed by atoms with Crippen LogP contribution in [0.15, 0.2) is 22.7 Å². The normalized spacial score (nSPS) is 13.3. The quantitative estimate of drug-likeness (QED) is 0.896. The summed E-state index contributed by atoms with van der Waals surface area (Å²) in [7, 11) is 0. The Morgan fingerprint density at radius 1 is 1.36 bits per heavy atom. The number of hydrogen-bond donors (Lipinski definition) is 1. The fourth-order valence-electron chi connectivity index (χ4n) is 1.03. The van der Waals surface area contributed by atoms with Crippen LogP contribution in [0.1, 0.15) is 5.56 Å². The molecule has 0 aromatic heterocycles. The maximum Gasteiger partial charge on any atom is 0.253 e. The van der Waals surface area contributed by atoms with Crippen LogP contribution in [0.3, 0.4) is 0 Å². The average molecular weight is 268 g/mol. The van der Waals surface area contributed by atoms with Gasteiger partial charge in [0.25, 0.3) is 6.43 Å². The Hall–Kier alpha value is -0.550. The number of hydrogen-bond acceptors (Lipinski definition) is 1. The molecule has 0 heterocycles. The van der Waals surface area contributed by atoms with E-state index in [2.05, 4.69) is 15.9 Å². The second-order valence-electron chi connectivity index (χ2n) is 2.95. The third kappa shape index (κ3) is 2.99. The van der Waals surface area contributed by atoms with Crippen LogP contribution < -0.4 is 5.73 Å². The van der Waals surface area contributed by atoms with Crippen molar-refractivity contribution < 1.29 is 13.2 Å². The summed E-state index contributed by atoms with van der Waals surface area (Å²) in [5, 5.41) is 0. The van der Waals surface area contributed by atoms with Crippen molar-refractivity contribution in [3.8, 4) is 0 Å². The third-order valence-corrected chi connectivity index (χ3v) is 2.39. The smallest absolute Gasteiger partial charge is 0.253 e. The number of alkyl halides is 2. The molecule has 0 fully saturated rings. The molecular weight excluding hydrogens is 259 g/mol. The van der Waals surface area contributed by atoms with Gasteiger partial charge in [-0.15, -0.1) is 0 Å². The van der Waals surface area contributed by atoms with E-state index in [-0.39, 0.29) is 10.9 Å². The van der Waals surface area contributed by atoms with E-state index in [9.17, 15) is 13.2 Å². The van der Waals surface area contributed by atoms with Crippen LogP contribution in [0, 0.1) is 5.82 Å². The number of benzene rings is 1. The molecule has 0 saturated carbocycles. The van der Waals surface area contributed by atoms with E-state index in [0.717, 1.165) is 0 Å². The Kier molecular flexibility index (Phi) is 3.95. The summed E-state index contributed by atoms with van der Waals surface area (Å²) >= 11 is 2.97. The molecule has 1 nitrogen and oxygen atoms in total. The Bertz CT molecular complexity index is 317. The maximum atomic E-state index is 12.8. The van der Waals surface area contributed by atoms with Crippen LogP contribution in [-0.4, -0.2) is 12.5 Å². The zero-order valence-corrected chi connectivity index (χ0v) is 8.77. The molecule has 1 unspecified atom stereocenters. The zero-order chi connectivity index (χ0) is 10.7. The summed E-state index contributed by atoms with van der Waals surface area (Å²) in [5.41, 5.74) is 5.77. The minimum absolute atomic E-state index is 0.0382. The van der Waals surface area contributed by atoms with Gasteiger partial charge in [-0.3, -0.25) is 0 Å². The Morgan fingerprint density at radius 2 is 2.00 bits per heavy atom. The molecule has 0 radical (unpaired) electrons. The third-order valence-electron chi connectivity index (χ3n) is 1.78. The van der Waals surface area contributed by atoms with E-state index in [1.807, 2.05) is 0 Å². The fraction of sp³-hybridized carbons (Fsp3) is 0.333. The molecule has 1 atom stereocenters. The van der Waals surface area contributed by atoms with Crippen molar-refractivity contribution in [2.24, 2.45) is 5.73 Å². The van der Waals surface area contributed by atoms with Crippen LogP contribution in [0.5, 0.6) is 0 Å². The van der Waals surface area contributed by atoms with Crippen LogP contribution in [0.25, 0.3) is 0 Å². The van der Waals surface area contributed by atoms with Gasteiger partial charge in [0.05, 0.1) is 10.5 Å². The van der Waals surface area contributed by atoms with Crippen molar-refractivity contribution in [2.45, 2.75) is 18.9 Å². The lowest BCUT2D eigenvalue weighted by atomic mass is 10.1. The van der Waals surface area contributed by atoms with E-state index < -0.39 is 18.3 Å². The molecule has 5 heteroatoms. The van der Waals surface area contributed by atoms with Crippen LogP contribution in [-0.2, 0) is 6.42 Å². The van der Waals surface area contributed by atoms with Gasteiger partial charge in [-0.25, -0.2) is 13.2 Å². The van der Waals surface area contributed by atoms with E-state index in [1.54, 1.807) is 0 Å². The topological polar surface area (TPSA) is 26.0 Å². The van der Waals surface area contributed by atoms with Crippen molar-refractivity contribution >= 4 is 15.9 Å². The van der Waals surface area contributed by atoms with Gasteiger partial charge in [-0.05, 0) is 40.0 Å². The standard InChI is InChI=1S/C9H9BrF3N/c10-6-3-5(1-2-7(6)11)4-8(14)9(12)13/h1-3,8-9H,4,14H2. The molecule has 0 saturated heterocycles. The molecule has 1 aromatic carbocycles. The minimum Gasteiger partial charge on any atom is -0.323 e. The van der Waals surface area contributed by atoms with Gasteiger partial charge < -0.3 is 5.73 Å². The zero-order valence-electron chi connectivity index (χ0n) is 7.18. The molecule has 14 heavy (non-hydrogen) atoms. The van der Waals surface area contributed by atoms with Crippen LogP contribution in [0.2, 0.25) is 0 Å². The van der Waals surface area contributed by atoms with E-state index >= 15 is 0 Å². The monoisotopic (exact) mass is 267 g/mol. The Balaban J connectivity index is 2.73. The molecule has 1 rings (SSSR count). The van der Waals surface area contributed by atoms with Crippen molar-refractivity contribution in [3.05, 3.63) is 34.1 Å². The van der Waals surface area contributed by atoms with Crippen molar-refractivity contribution in [2.75, 3.05) is 0 Å². The first-order chi connectivity index (χ1) is 6.50. The summed E-state index contributed by atoms with van der Waals surface area (Å²) in [5.74, 6) is -0.417. The lowest BCUT2D eigenvalue weighted by Crippen LogP contribution is -2.30. The fourth-order valence-corrected chi connectivity index (χ4v) is 1.45. The average Bonchev–Trinajstić information content (AvgIpc) is 2.11. The lowest BCUT2D eigenvalue weighted by Gasteiger charge is -2.10. The van der Waals surface area contributed by atoms with Gasteiger partial charge in [-0.2, -0.15) is 0 Å². The highest BCUT2D eigenvalue weighted by Gasteiger charge is 2.15. The molecule has 78 valence electrons. The van der Waals surface area contributed by atoms with E-state index in [1.165, 1.54) is 18.2 Å². The molecule has 0 aliphatic rings. The number of halogens is 4. The maximum absolute atomic E-state index is 12.8. The van der Waals surface area contributed by atoms with Crippen LogP contribution >= 0.6 is 15.9 Å². The predicted molar refractivity (Wildman–Crippen MR) is 51.8 cm³/mol. The molecule has 0 aliphatic carbocycles. The summed E-state index contributed by atoms with van der Waals surface area (Å²) in [6, 6.07) is 2.92. The first-order valence-corrected chi connectivity index (χ1v) is 4.77. The number of nitrogens with two attached hydrogens (primary N) is 1. The molecular formula is C9H9BrF3N. The van der Waals surface area contributed by atoms with Crippen molar-refractivity contribution in [1.29, 1.82) is 0 Å². The van der Waals surface area contributed by atoms with Gasteiger partial charge in [0.2, 0.25) is 0 Å². The highest BCUT2D eigenvalue weighted by molar-refractivity contribution is 9.10. The summed E-state index contributed by atoms with van der Waals surface area (Å²) < 4.78 is 37.2. The molecule has 0 bridgehead atoms. The minimum atomic E-state index is -2.56. The second kappa shape index (κ2) is 4.79. The Morgan fingerprint density at radius 3 is 2.50 bits per heavy atom. The highest BCUT2D eigenvalue weighted by Crippen LogP contribution is 2.18. The number of rotatable bonds is 3. The van der Waals surface area contributed by atoms with Gasteiger partial charge in [0, 0.05) is 0 Å². The van der Waals surface area contributed by atoms with Gasteiger partial charge in [0.1, 0.15) is 5.82 Å². The SMILES string of the molecule is NC(Cc1ccc(F)c(Br)c1)C(F)F. The first kappa shape index (κ1) is 11.5. The molecule has 0 spiro atoms. The lowest BCUT2D eigenvalue weighted by molar-refractivity contribution is 0.116. The van der Waals surface area contributed by atoms with Gasteiger partial charge in [-0.1, -0.05) is 6.07 Å². The van der Waals surface area contributed by atoms with E-state index in [4.69, 9.17) is 5.73 Å².